The van der Waals surface area contributed by atoms with E-state index in [0.717, 1.165) is 17.0 Å². The summed E-state index contributed by atoms with van der Waals surface area (Å²) >= 11 is 13.3. The Morgan fingerprint density at radius 2 is 2.04 bits per heavy atom. The minimum atomic E-state index is -0.0745. The Kier molecular flexibility index (Phi) is 6.01. The molecule has 0 aliphatic carbocycles. The fraction of sp³-hybridized carbons (Fsp3) is 0.294. The molecule has 1 N–H and O–H groups in total. The lowest BCUT2D eigenvalue weighted by Gasteiger charge is -2.07. The lowest BCUT2D eigenvalue weighted by molar-refractivity contribution is -0.118. The Morgan fingerprint density at radius 1 is 1.23 bits per heavy atom. The summed E-state index contributed by atoms with van der Waals surface area (Å²) in [4.78, 5) is 16.4. The van der Waals surface area contributed by atoms with E-state index < -0.39 is 0 Å². The Balaban J connectivity index is 1.53. The second kappa shape index (κ2) is 8.24. The minimum Gasteiger partial charge on any atom is -0.355 e. The van der Waals surface area contributed by atoms with Crippen LogP contribution in [0.1, 0.15) is 17.0 Å². The first-order valence-corrected chi connectivity index (χ1v) is 9.71. The molecular formula is C17H17Cl2N5OS. The molecule has 0 radical (unpaired) electrons. The predicted octanol–water partition coefficient (Wildman–Crippen LogP) is 3.50. The number of amides is 1. The third-order valence-corrected chi connectivity index (χ3v) is 5.24. The SMILES string of the molecule is Cc1cc(C)n2c(SCC(=O)NCCc3ccc(Cl)cc3Cl)nnc2n1. The van der Waals surface area contributed by atoms with Crippen LogP contribution in [0.4, 0.5) is 0 Å². The highest BCUT2D eigenvalue weighted by Gasteiger charge is 2.12. The number of fused-ring (bicyclic) bond motifs is 1. The molecule has 0 atom stereocenters. The summed E-state index contributed by atoms with van der Waals surface area (Å²) in [6.45, 7) is 4.38. The summed E-state index contributed by atoms with van der Waals surface area (Å²) in [7, 11) is 0. The van der Waals surface area contributed by atoms with Gasteiger partial charge in [0, 0.05) is 28.0 Å². The molecule has 3 rings (SSSR count). The van der Waals surface area contributed by atoms with Gasteiger partial charge in [0.05, 0.1) is 5.75 Å². The number of nitrogens with zero attached hydrogens (tertiary/aromatic N) is 4. The summed E-state index contributed by atoms with van der Waals surface area (Å²) in [5.74, 6) is 0.722. The monoisotopic (exact) mass is 409 g/mol. The van der Waals surface area contributed by atoms with Crippen molar-refractivity contribution < 1.29 is 4.79 Å². The van der Waals surface area contributed by atoms with Crippen molar-refractivity contribution in [3.63, 3.8) is 0 Å². The quantitative estimate of drug-likeness (QED) is 0.630. The zero-order chi connectivity index (χ0) is 18.7. The molecule has 26 heavy (non-hydrogen) atoms. The van der Waals surface area contributed by atoms with E-state index in [1.54, 1.807) is 12.1 Å². The van der Waals surface area contributed by atoms with Crippen LogP contribution in [0.2, 0.25) is 10.0 Å². The first kappa shape index (κ1) is 18.9. The van der Waals surface area contributed by atoms with E-state index in [2.05, 4.69) is 20.5 Å². The van der Waals surface area contributed by atoms with Gasteiger partial charge in [-0.1, -0.05) is 41.0 Å². The summed E-state index contributed by atoms with van der Waals surface area (Å²) in [6, 6.07) is 7.31. The first-order valence-electron chi connectivity index (χ1n) is 7.97. The number of hydrogen-bond acceptors (Lipinski definition) is 5. The van der Waals surface area contributed by atoms with Crippen LogP contribution in [-0.4, -0.2) is 37.8 Å². The van der Waals surface area contributed by atoms with Crippen molar-refractivity contribution in [1.82, 2.24) is 24.9 Å². The molecule has 1 aromatic carbocycles. The number of hydrogen-bond donors (Lipinski definition) is 1. The van der Waals surface area contributed by atoms with Crippen LogP contribution in [-0.2, 0) is 11.2 Å². The summed E-state index contributed by atoms with van der Waals surface area (Å²) < 4.78 is 1.85. The van der Waals surface area contributed by atoms with Crippen LogP contribution >= 0.6 is 35.0 Å². The van der Waals surface area contributed by atoms with Gasteiger partial charge in [-0.05, 0) is 44.0 Å². The van der Waals surface area contributed by atoms with Gasteiger partial charge in [-0.25, -0.2) is 4.98 Å². The average molecular weight is 410 g/mol. The van der Waals surface area contributed by atoms with Crippen LogP contribution in [0.15, 0.2) is 29.4 Å². The van der Waals surface area contributed by atoms with Crippen molar-refractivity contribution in [2.24, 2.45) is 0 Å². The number of nitrogens with one attached hydrogen (secondary N) is 1. The van der Waals surface area contributed by atoms with Gasteiger partial charge < -0.3 is 5.32 Å². The third-order valence-electron chi connectivity index (χ3n) is 3.73. The summed E-state index contributed by atoms with van der Waals surface area (Å²) in [6.07, 6.45) is 0.641. The Morgan fingerprint density at radius 3 is 2.81 bits per heavy atom. The molecular weight excluding hydrogens is 393 g/mol. The molecule has 0 saturated heterocycles. The Labute approximate surface area is 165 Å². The lowest BCUT2D eigenvalue weighted by atomic mass is 10.1. The maximum atomic E-state index is 12.1. The van der Waals surface area contributed by atoms with Gasteiger partial charge in [0.25, 0.3) is 5.78 Å². The fourth-order valence-corrected chi connectivity index (χ4v) is 3.85. The van der Waals surface area contributed by atoms with Crippen LogP contribution in [0.5, 0.6) is 0 Å². The number of carbonyl (C=O) groups is 1. The summed E-state index contributed by atoms with van der Waals surface area (Å²) in [5, 5.41) is 12.9. The van der Waals surface area contributed by atoms with Crippen LogP contribution in [0.3, 0.4) is 0 Å². The highest BCUT2D eigenvalue weighted by molar-refractivity contribution is 7.99. The fourth-order valence-electron chi connectivity index (χ4n) is 2.54. The first-order chi connectivity index (χ1) is 12.4. The van der Waals surface area contributed by atoms with Crippen LogP contribution in [0.25, 0.3) is 5.78 Å². The maximum absolute atomic E-state index is 12.1. The molecule has 6 nitrogen and oxygen atoms in total. The number of aromatic nitrogens is 4. The van der Waals surface area contributed by atoms with Crippen molar-refractivity contribution in [1.29, 1.82) is 0 Å². The second-order valence-corrected chi connectivity index (χ2v) is 7.57. The zero-order valence-electron chi connectivity index (χ0n) is 14.3. The second-order valence-electron chi connectivity index (χ2n) is 5.78. The van der Waals surface area contributed by atoms with Crippen molar-refractivity contribution >= 4 is 46.6 Å². The zero-order valence-corrected chi connectivity index (χ0v) is 16.6. The molecule has 0 bridgehead atoms. The molecule has 2 heterocycles. The molecule has 1 amide bonds. The molecule has 0 aliphatic heterocycles. The largest absolute Gasteiger partial charge is 0.355 e. The third kappa shape index (κ3) is 4.47. The van der Waals surface area contributed by atoms with Crippen LogP contribution in [0, 0.1) is 13.8 Å². The molecule has 2 aromatic heterocycles. The van der Waals surface area contributed by atoms with Gasteiger partial charge in [0.2, 0.25) is 5.91 Å². The Bertz CT molecular complexity index is 960. The van der Waals surface area contributed by atoms with E-state index in [1.165, 1.54) is 11.8 Å². The number of halogens is 2. The number of carbonyl (C=O) groups excluding carboxylic acids is 1. The van der Waals surface area contributed by atoms with Gasteiger partial charge >= 0.3 is 0 Å². The van der Waals surface area contributed by atoms with Gasteiger partial charge in [0.15, 0.2) is 5.16 Å². The standard InChI is InChI=1S/C17H17Cl2N5OS/c1-10-7-11(2)24-16(21-10)22-23-17(24)26-9-15(25)20-6-5-12-3-4-13(18)8-14(12)19/h3-4,7-8H,5-6,9H2,1-2H3,(H,20,25). The molecule has 0 aliphatic rings. The highest BCUT2D eigenvalue weighted by Crippen LogP contribution is 2.21. The molecule has 0 unspecified atom stereocenters. The molecule has 0 spiro atoms. The van der Waals surface area contributed by atoms with Gasteiger partial charge in [-0.15, -0.1) is 10.2 Å². The number of benzene rings is 1. The van der Waals surface area contributed by atoms with Crippen molar-refractivity contribution in [3.05, 3.63) is 51.3 Å². The average Bonchev–Trinajstić information content (AvgIpc) is 2.98. The van der Waals surface area contributed by atoms with E-state index >= 15 is 0 Å². The lowest BCUT2D eigenvalue weighted by Crippen LogP contribution is -2.27. The van der Waals surface area contributed by atoms with Crippen molar-refractivity contribution in [2.75, 3.05) is 12.3 Å². The minimum absolute atomic E-state index is 0.0745. The van der Waals surface area contributed by atoms with E-state index in [9.17, 15) is 4.79 Å². The van der Waals surface area contributed by atoms with Gasteiger partial charge in [-0.2, -0.15) is 0 Å². The van der Waals surface area contributed by atoms with Gasteiger partial charge in [-0.3, -0.25) is 9.20 Å². The van der Waals surface area contributed by atoms with Crippen molar-refractivity contribution in [2.45, 2.75) is 25.4 Å². The summed E-state index contributed by atoms with van der Waals surface area (Å²) in [5.41, 5.74) is 2.82. The van der Waals surface area contributed by atoms with Crippen molar-refractivity contribution in [3.8, 4) is 0 Å². The molecule has 0 saturated carbocycles. The maximum Gasteiger partial charge on any atom is 0.256 e. The predicted molar refractivity (Wildman–Crippen MR) is 104 cm³/mol. The van der Waals surface area contributed by atoms with E-state index in [4.69, 9.17) is 23.2 Å². The highest BCUT2D eigenvalue weighted by atomic mass is 35.5. The normalized spacial score (nSPS) is 11.1. The number of rotatable bonds is 6. The topological polar surface area (TPSA) is 72.2 Å². The Hall–Kier alpha value is -1.83. The molecule has 136 valence electrons. The van der Waals surface area contributed by atoms with Crippen LogP contribution < -0.4 is 5.32 Å². The van der Waals surface area contributed by atoms with E-state index in [1.807, 2.05) is 30.4 Å². The molecule has 9 heteroatoms. The van der Waals surface area contributed by atoms with E-state index in [-0.39, 0.29) is 11.7 Å². The molecule has 0 fully saturated rings. The molecule has 3 aromatic rings. The van der Waals surface area contributed by atoms with E-state index in [0.29, 0.717) is 33.9 Å². The number of aryl methyl sites for hydroxylation is 2. The smallest absolute Gasteiger partial charge is 0.256 e. The number of thioether (sulfide) groups is 1. The van der Waals surface area contributed by atoms with Gasteiger partial charge in [0.1, 0.15) is 0 Å².